The largest absolute Gasteiger partial charge is 0.359 e. The van der Waals surface area contributed by atoms with Gasteiger partial charge in [-0.3, -0.25) is 4.79 Å². The van der Waals surface area contributed by atoms with Gasteiger partial charge in [0, 0.05) is 28.2 Å². The predicted octanol–water partition coefficient (Wildman–Crippen LogP) is 8.70. The first-order valence-corrected chi connectivity index (χ1v) is 15.6. The highest BCUT2D eigenvalue weighted by molar-refractivity contribution is 8.33. The van der Waals surface area contributed by atoms with E-state index in [4.69, 9.17) is 0 Å². The van der Waals surface area contributed by atoms with Gasteiger partial charge in [0.25, 0.3) is 0 Å². The fraction of sp³-hybridized carbons (Fsp3) is 0.406. The van der Waals surface area contributed by atoms with Gasteiger partial charge in [-0.1, -0.05) is 69.0 Å². The average molecular weight is 507 g/mol. The molecule has 2 aromatic carbocycles. The molecule has 1 amide bonds. The molecule has 0 aliphatic heterocycles. The molecule has 3 nitrogen and oxygen atoms in total. The predicted molar refractivity (Wildman–Crippen MR) is 164 cm³/mol. The lowest BCUT2D eigenvalue weighted by atomic mass is 10.0. The highest BCUT2D eigenvalue weighted by atomic mass is 32.3. The minimum absolute atomic E-state index is 0.00456. The minimum atomic E-state index is -0.828. The molecule has 0 bridgehead atoms. The Morgan fingerprint density at radius 1 is 0.806 bits per heavy atom. The molecule has 2 aromatic rings. The van der Waals surface area contributed by atoms with Gasteiger partial charge >= 0.3 is 0 Å². The number of anilines is 2. The van der Waals surface area contributed by atoms with Gasteiger partial charge in [-0.15, -0.1) is 0 Å². The van der Waals surface area contributed by atoms with Crippen molar-refractivity contribution < 1.29 is 4.79 Å². The number of unbranched alkanes of at least 4 members (excludes halogenated alkanes) is 1. The van der Waals surface area contributed by atoms with Crippen LogP contribution in [0.2, 0.25) is 0 Å². The maximum atomic E-state index is 12.6. The summed E-state index contributed by atoms with van der Waals surface area (Å²) in [6, 6.07) is 16.7. The first-order chi connectivity index (χ1) is 16.8. The molecule has 196 valence electrons. The third-order valence-corrected chi connectivity index (χ3v) is 10.4. The summed E-state index contributed by atoms with van der Waals surface area (Å²) in [5.74, 6) is 0.0807. The van der Waals surface area contributed by atoms with Crippen molar-refractivity contribution in [2.75, 3.05) is 29.4 Å². The second-order valence-corrected chi connectivity index (χ2v) is 16.0. The fourth-order valence-electron chi connectivity index (χ4n) is 3.61. The van der Waals surface area contributed by atoms with Crippen LogP contribution in [-0.4, -0.2) is 29.4 Å². The molecular formula is C32H46N2OS. The molecule has 4 heteroatoms. The van der Waals surface area contributed by atoms with E-state index in [2.05, 4.69) is 99.4 Å². The van der Waals surface area contributed by atoms with Crippen molar-refractivity contribution in [3.63, 3.8) is 0 Å². The summed E-state index contributed by atoms with van der Waals surface area (Å²) in [6.07, 6.45) is 12.3. The molecule has 0 aliphatic rings. The van der Waals surface area contributed by atoms with Crippen LogP contribution in [0.3, 0.4) is 0 Å². The topological polar surface area (TPSA) is 41.1 Å². The van der Waals surface area contributed by atoms with Crippen molar-refractivity contribution in [1.29, 1.82) is 0 Å². The van der Waals surface area contributed by atoms with Gasteiger partial charge in [-0.05, 0) is 93.2 Å². The van der Waals surface area contributed by atoms with E-state index >= 15 is 0 Å². The summed E-state index contributed by atoms with van der Waals surface area (Å²) in [5.41, 5.74) is 7.63. The van der Waals surface area contributed by atoms with E-state index in [0.717, 1.165) is 60.3 Å². The first kappa shape index (κ1) is 29.5. The number of hydrogen-bond acceptors (Lipinski definition) is 2. The second-order valence-electron chi connectivity index (χ2n) is 11.2. The third-order valence-electron chi connectivity index (χ3n) is 6.98. The van der Waals surface area contributed by atoms with E-state index in [-0.39, 0.29) is 10.7 Å². The van der Waals surface area contributed by atoms with Gasteiger partial charge in [0.1, 0.15) is 0 Å². The molecule has 0 unspecified atom stereocenters. The maximum absolute atomic E-state index is 12.6. The van der Waals surface area contributed by atoms with Crippen molar-refractivity contribution in [1.82, 2.24) is 0 Å². The van der Waals surface area contributed by atoms with Gasteiger partial charge in [0.15, 0.2) is 0 Å². The van der Waals surface area contributed by atoms with Gasteiger partial charge < -0.3 is 10.6 Å². The van der Waals surface area contributed by atoms with Crippen LogP contribution in [0.5, 0.6) is 0 Å². The van der Waals surface area contributed by atoms with Crippen LogP contribution in [-0.2, 0) is 11.2 Å². The van der Waals surface area contributed by atoms with Gasteiger partial charge in [-0.25, -0.2) is 10.0 Å². The summed E-state index contributed by atoms with van der Waals surface area (Å²) in [7, 11) is -0.828. The number of benzene rings is 2. The molecule has 0 saturated heterocycles. The summed E-state index contributed by atoms with van der Waals surface area (Å²) in [4.78, 5) is 12.6. The molecule has 0 atom stereocenters. The van der Waals surface area contributed by atoms with E-state index in [1.54, 1.807) is 0 Å². The Kier molecular flexibility index (Phi) is 10.7. The Morgan fingerprint density at radius 3 is 1.75 bits per heavy atom. The Bertz CT molecular complexity index is 1060. The highest BCUT2D eigenvalue weighted by Crippen LogP contribution is 2.51. The fourth-order valence-corrected chi connectivity index (χ4v) is 4.18. The lowest BCUT2D eigenvalue weighted by Gasteiger charge is -2.43. The van der Waals surface area contributed by atoms with Crippen LogP contribution in [0.25, 0.3) is 0 Å². The molecule has 0 aromatic heterocycles. The SMILES string of the molecule is C=C(CCCCC(=C)C(=C)C)Nc1ccc(Cc2ccc(NC(=O)CC(C)(C)S(C)(C)C)cc2)cc1. The van der Waals surface area contributed by atoms with Crippen LogP contribution in [0, 0.1) is 0 Å². The molecule has 0 radical (unpaired) electrons. The molecule has 0 heterocycles. The summed E-state index contributed by atoms with van der Waals surface area (Å²) in [6.45, 7) is 18.6. The number of rotatable bonds is 14. The van der Waals surface area contributed by atoms with E-state index in [9.17, 15) is 4.79 Å². The van der Waals surface area contributed by atoms with Crippen LogP contribution >= 0.6 is 10.0 Å². The zero-order valence-corrected chi connectivity index (χ0v) is 24.1. The van der Waals surface area contributed by atoms with Crippen LogP contribution < -0.4 is 10.6 Å². The first-order valence-electron chi connectivity index (χ1n) is 12.7. The van der Waals surface area contributed by atoms with Gasteiger partial charge in [0.2, 0.25) is 5.91 Å². The number of carbonyl (C=O) groups excluding carboxylic acids is 1. The summed E-state index contributed by atoms with van der Waals surface area (Å²) < 4.78 is 0.00456. The average Bonchev–Trinajstić information content (AvgIpc) is 2.78. The van der Waals surface area contributed by atoms with Crippen molar-refractivity contribution in [2.45, 2.75) is 64.0 Å². The van der Waals surface area contributed by atoms with E-state index in [1.807, 2.05) is 19.1 Å². The molecule has 0 spiro atoms. The van der Waals surface area contributed by atoms with Crippen LogP contribution in [0.15, 0.2) is 85.1 Å². The number of hydrogen-bond donors (Lipinski definition) is 2. The van der Waals surface area contributed by atoms with Crippen molar-refractivity contribution in [3.8, 4) is 0 Å². The van der Waals surface area contributed by atoms with Crippen molar-refractivity contribution in [2.24, 2.45) is 0 Å². The second kappa shape index (κ2) is 13.0. The molecule has 2 N–H and O–H groups in total. The molecule has 36 heavy (non-hydrogen) atoms. The monoisotopic (exact) mass is 506 g/mol. The lowest BCUT2D eigenvalue weighted by molar-refractivity contribution is -0.116. The molecule has 0 saturated carbocycles. The lowest BCUT2D eigenvalue weighted by Crippen LogP contribution is -2.32. The van der Waals surface area contributed by atoms with Crippen LogP contribution in [0.1, 0.15) is 64.0 Å². The number of nitrogens with one attached hydrogen (secondary N) is 2. The maximum Gasteiger partial charge on any atom is 0.225 e. The van der Waals surface area contributed by atoms with E-state index < -0.39 is 10.0 Å². The minimum Gasteiger partial charge on any atom is -0.359 e. The molecular weight excluding hydrogens is 460 g/mol. The van der Waals surface area contributed by atoms with Crippen molar-refractivity contribution >= 4 is 27.3 Å². The molecule has 2 rings (SSSR count). The smallest absolute Gasteiger partial charge is 0.225 e. The van der Waals surface area contributed by atoms with Gasteiger partial charge in [0.05, 0.1) is 0 Å². The van der Waals surface area contributed by atoms with E-state index in [1.165, 1.54) is 11.1 Å². The summed E-state index contributed by atoms with van der Waals surface area (Å²) >= 11 is 0. The Labute approximate surface area is 221 Å². The Morgan fingerprint density at radius 2 is 1.28 bits per heavy atom. The zero-order valence-electron chi connectivity index (χ0n) is 23.3. The normalized spacial score (nSPS) is 12.1. The Balaban J connectivity index is 1.81. The molecule has 0 fully saturated rings. The zero-order chi connectivity index (χ0) is 26.9. The number of allylic oxidation sites excluding steroid dienone is 3. The molecule has 0 aliphatic carbocycles. The standard InChI is InChI=1S/C32H46N2OS/c1-24(2)25(3)12-10-11-13-26(4)33-29-18-14-27(15-19-29)22-28-16-20-30(21-17-28)34-31(35)23-32(5,6)36(7,8)9/h14-21,33H,1,3-4,10-13,22-23H2,2,5-9H3,(H,34,35). The highest BCUT2D eigenvalue weighted by Gasteiger charge is 2.31. The van der Waals surface area contributed by atoms with Gasteiger partial charge in [-0.2, -0.15) is 0 Å². The Hall–Kier alpha value is -2.72. The number of carbonyl (C=O) groups is 1. The third kappa shape index (κ3) is 9.73. The summed E-state index contributed by atoms with van der Waals surface area (Å²) in [5, 5.41) is 6.49. The van der Waals surface area contributed by atoms with E-state index in [0.29, 0.717) is 6.42 Å². The van der Waals surface area contributed by atoms with Crippen LogP contribution in [0.4, 0.5) is 11.4 Å². The quantitative estimate of drug-likeness (QED) is 0.199. The van der Waals surface area contributed by atoms with Crippen molar-refractivity contribution in [3.05, 3.63) is 96.2 Å². The number of amides is 1.